The summed E-state index contributed by atoms with van der Waals surface area (Å²) in [7, 11) is 0. The number of primary amides is 1. The van der Waals surface area contributed by atoms with Gasteiger partial charge in [0.05, 0.1) is 12.5 Å². The van der Waals surface area contributed by atoms with Gasteiger partial charge in [0, 0.05) is 0 Å². The summed E-state index contributed by atoms with van der Waals surface area (Å²) >= 11 is 0. The zero-order valence-electron chi connectivity index (χ0n) is 18.5. The van der Waals surface area contributed by atoms with Gasteiger partial charge in [0.25, 0.3) is 0 Å². The van der Waals surface area contributed by atoms with Gasteiger partial charge in [-0.15, -0.1) is 0 Å². The van der Waals surface area contributed by atoms with E-state index in [1.165, 1.54) is 12.1 Å². The smallest absolute Gasteiger partial charge is 0.322 e. The van der Waals surface area contributed by atoms with E-state index in [1.807, 2.05) is 0 Å². The van der Waals surface area contributed by atoms with Crippen molar-refractivity contribution < 1.29 is 34.2 Å². The maximum absolute atomic E-state index is 12.8. The number of carbonyl (C=O) groups is 5. The number of carboxylic acids is 1. The van der Waals surface area contributed by atoms with Gasteiger partial charge in [-0.2, -0.15) is 0 Å². The first-order chi connectivity index (χ1) is 15.4. The molecule has 4 amide bonds. The van der Waals surface area contributed by atoms with Crippen LogP contribution in [0.15, 0.2) is 24.3 Å². The van der Waals surface area contributed by atoms with Crippen LogP contribution in [0.4, 0.5) is 0 Å². The van der Waals surface area contributed by atoms with Crippen LogP contribution in [-0.4, -0.2) is 64.5 Å². The van der Waals surface area contributed by atoms with Gasteiger partial charge in [0.15, 0.2) is 0 Å². The van der Waals surface area contributed by atoms with E-state index in [1.54, 1.807) is 26.0 Å². The minimum Gasteiger partial charge on any atom is -0.508 e. The highest BCUT2D eigenvalue weighted by Gasteiger charge is 2.31. The van der Waals surface area contributed by atoms with Gasteiger partial charge < -0.3 is 37.6 Å². The highest BCUT2D eigenvalue weighted by molar-refractivity contribution is 5.96. The molecule has 0 spiro atoms. The Bertz CT molecular complexity index is 859. The second-order valence-electron chi connectivity index (χ2n) is 7.69. The topological polar surface area (TPSA) is 214 Å². The summed E-state index contributed by atoms with van der Waals surface area (Å²) in [5.41, 5.74) is 11.8. The number of phenolic OH excluding ortho intramolecular Hbond substituents is 1. The lowest BCUT2D eigenvalue weighted by Gasteiger charge is -2.26. The summed E-state index contributed by atoms with van der Waals surface area (Å²) < 4.78 is 0. The molecule has 0 radical (unpaired) electrons. The lowest BCUT2D eigenvalue weighted by atomic mass is 9.97. The molecule has 4 atom stereocenters. The second kappa shape index (κ2) is 13.0. The number of rotatable bonds is 13. The zero-order valence-corrected chi connectivity index (χ0v) is 18.5. The molecule has 0 aliphatic heterocycles. The van der Waals surface area contributed by atoms with Gasteiger partial charge in [-0.05, 0) is 30.0 Å². The van der Waals surface area contributed by atoms with Crippen molar-refractivity contribution in [1.82, 2.24) is 16.0 Å². The average molecular weight is 466 g/mol. The van der Waals surface area contributed by atoms with Crippen molar-refractivity contribution in [3.8, 4) is 5.75 Å². The van der Waals surface area contributed by atoms with Crippen molar-refractivity contribution in [1.29, 1.82) is 0 Å². The quantitative estimate of drug-likeness (QED) is 0.179. The number of phenols is 1. The van der Waals surface area contributed by atoms with Crippen molar-refractivity contribution in [2.24, 2.45) is 17.4 Å². The van der Waals surface area contributed by atoms with Crippen molar-refractivity contribution >= 4 is 29.6 Å². The van der Waals surface area contributed by atoms with Gasteiger partial charge in [0.1, 0.15) is 24.4 Å². The normalized spacial score (nSPS) is 14.3. The maximum atomic E-state index is 12.8. The number of carbonyl (C=O) groups excluding carboxylic acids is 4. The Morgan fingerprint density at radius 3 is 2.12 bits per heavy atom. The van der Waals surface area contributed by atoms with Gasteiger partial charge >= 0.3 is 5.97 Å². The molecule has 0 saturated heterocycles. The monoisotopic (exact) mass is 465 g/mol. The van der Waals surface area contributed by atoms with E-state index in [0.717, 1.165) is 0 Å². The van der Waals surface area contributed by atoms with E-state index in [2.05, 4.69) is 16.0 Å². The standard InChI is InChI=1S/C21H31N5O7/c1-3-11(2)18(21(33)24-10-17(29)30)26-20(32)15(9-16(23)28)25-19(31)14(22)8-12-4-6-13(27)7-5-12/h4-7,11,14-15,18,27H,3,8-10,22H2,1-2H3,(H2,23,28)(H,24,33)(H,25,31)(H,26,32)(H,29,30). The Kier molecular flexibility index (Phi) is 10.8. The Labute approximate surface area is 191 Å². The van der Waals surface area contributed by atoms with Crippen LogP contribution >= 0.6 is 0 Å². The van der Waals surface area contributed by atoms with E-state index < -0.39 is 60.7 Å². The van der Waals surface area contributed by atoms with Crippen LogP contribution in [0.3, 0.4) is 0 Å². The van der Waals surface area contributed by atoms with Crippen molar-refractivity contribution in [2.45, 2.75) is 51.2 Å². The number of amides is 4. The SMILES string of the molecule is CCC(C)C(NC(=O)C(CC(N)=O)NC(=O)C(N)Cc1ccc(O)cc1)C(=O)NCC(=O)O. The van der Waals surface area contributed by atoms with Gasteiger partial charge in [-0.3, -0.25) is 24.0 Å². The summed E-state index contributed by atoms with van der Waals surface area (Å²) in [4.78, 5) is 59.9. The summed E-state index contributed by atoms with van der Waals surface area (Å²) in [5, 5.41) is 25.1. The highest BCUT2D eigenvalue weighted by Crippen LogP contribution is 2.12. The summed E-state index contributed by atoms with van der Waals surface area (Å²) in [6.07, 6.45) is 0.0490. The van der Waals surface area contributed by atoms with E-state index in [9.17, 15) is 29.1 Å². The molecule has 1 rings (SSSR count). The molecular formula is C21H31N5O7. The summed E-state index contributed by atoms with van der Waals surface area (Å²) in [6, 6.07) is 2.49. The fourth-order valence-corrected chi connectivity index (χ4v) is 2.90. The molecule has 0 aliphatic rings. The molecular weight excluding hydrogens is 434 g/mol. The summed E-state index contributed by atoms with van der Waals surface area (Å²) in [5.74, 6) is -4.71. The molecule has 1 aromatic rings. The molecule has 0 heterocycles. The third kappa shape index (κ3) is 9.56. The molecule has 33 heavy (non-hydrogen) atoms. The Morgan fingerprint density at radius 2 is 1.61 bits per heavy atom. The second-order valence-corrected chi connectivity index (χ2v) is 7.69. The molecule has 1 aromatic carbocycles. The van der Waals surface area contributed by atoms with Gasteiger partial charge in [-0.1, -0.05) is 32.4 Å². The van der Waals surface area contributed by atoms with Crippen LogP contribution in [0, 0.1) is 5.92 Å². The minimum atomic E-state index is -1.39. The minimum absolute atomic E-state index is 0.0539. The van der Waals surface area contributed by atoms with Crippen LogP contribution in [0.1, 0.15) is 32.3 Å². The van der Waals surface area contributed by atoms with Gasteiger partial charge in [-0.25, -0.2) is 0 Å². The predicted molar refractivity (Wildman–Crippen MR) is 118 cm³/mol. The van der Waals surface area contributed by atoms with Gasteiger partial charge in [0.2, 0.25) is 23.6 Å². The Balaban J connectivity index is 2.90. The van der Waals surface area contributed by atoms with E-state index in [-0.39, 0.29) is 18.1 Å². The molecule has 182 valence electrons. The fourth-order valence-electron chi connectivity index (χ4n) is 2.90. The Morgan fingerprint density at radius 1 is 1.00 bits per heavy atom. The van der Waals surface area contributed by atoms with Crippen molar-refractivity contribution in [3.05, 3.63) is 29.8 Å². The van der Waals surface area contributed by atoms with Crippen LogP contribution < -0.4 is 27.4 Å². The molecule has 0 aromatic heterocycles. The Hall–Kier alpha value is -3.67. The molecule has 0 fully saturated rings. The number of nitrogens with two attached hydrogens (primary N) is 2. The maximum Gasteiger partial charge on any atom is 0.322 e. The first-order valence-electron chi connectivity index (χ1n) is 10.4. The third-order valence-electron chi connectivity index (χ3n) is 4.97. The van der Waals surface area contributed by atoms with Crippen molar-refractivity contribution in [2.75, 3.05) is 6.54 Å². The number of hydrogen-bond acceptors (Lipinski definition) is 7. The number of aromatic hydroxyl groups is 1. The molecule has 4 unspecified atom stereocenters. The lowest BCUT2D eigenvalue weighted by Crippen LogP contribution is -2.58. The number of aliphatic carboxylic acids is 1. The number of benzene rings is 1. The van der Waals surface area contributed by atoms with Crippen LogP contribution in [0.2, 0.25) is 0 Å². The van der Waals surface area contributed by atoms with Crippen LogP contribution in [-0.2, 0) is 30.4 Å². The fraction of sp³-hybridized carbons (Fsp3) is 0.476. The molecule has 0 aliphatic carbocycles. The average Bonchev–Trinajstić information content (AvgIpc) is 2.75. The van der Waals surface area contributed by atoms with E-state index in [4.69, 9.17) is 16.6 Å². The van der Waals surface area contributed by atoms with Crippen LogP contribution in [0.5, 0.6) is 5.75 Å². The summed E-state index contributed by atoms with van der Waals surface area (Å²) in [6.45, 7) is 2.83. The molecule has 12 nitrogen and oxygen atoms in total. The zero-order chi connectivity index (χ0) is 25.1. The predicted octanol–water partition coefficient (Wildman–Crippen LogP) is -1.65. The first kappa shape index (κ1) is 27.4. The molecule has 0 saturated carbocycles. The number of nitrogens with one attached hydrogen (secondary N) is 3. The van der Waals surface area contributed by atoms with E-state index >= 15 is 0 Å². The highest BCUT2D eigenvalue weighted by atomic mass is 16.4. The molecule has 9 N–H and O–H groups in total. The van der Waals surface area contributed by atoms with Crippen LogP contribution in [0.25, 0.3) is 0 Å². The lowest BCUT2D eigenvalue weighted by molar-refractivity contribution is -0.139. The molecule has 12 heteroatoms. The first-order valence-corrected chi connectivity index (χ1v) is 10.4. The third-order valence-corrected chi connectivity index (χ3v) is 4.97. The van der Waals surface area contributed by atoms with E-state index in [0.29, 0.717) is 12.0 Å². The number of hydrogen-bond donors (Lipinski definition) is 7. The largest absolute Gasteiger partial charge is 0.508 e. The van der Waals surface area contributed by atoms with Crippen molar-refractivity contribution in [3.63, 3.8) is 0 Å². The molecule has 0 bridgehead atoms. The number of carboxylic acid groups (broad SMARTS) is 1.